The number of hydrogen-bond acceptors (Lipinski definition) is 4. The first-order valence-electron chi connectivity index (χ1n) is 12.9. The number of nitrogens with zero attached hydrogens (tertiary/aromatic N) is 2. The third kappa shape index (κ3) is 4.07. The van der Waals surface area contributed by atoms with Crippen molar-refractivity contribution in [2.24, 2.45) is 0 Å². The van der Waals surface area contributed by atoms with Gasteiger partial charge in [0.15, 0.2) is 0 Å². The van der Waals surface area contributed by atoms with E-state index in [1.165, 1.54) is 21.4 Å². The molecule has 1 atom stereocenters. The van der Waals surface area contributed by atoms with Gasteiger partial charge in [-0.3, -0.25) is 14.5 Å². The fourth-order valence-electron chi connectivity index (χ4n) is 6.05. The first kappa shape index (κ1) is 22.9. The molecule has 0 bridgehead atoms. The van der Waals surface area contributed by atoms with Gasteiger partial charge in [-0.2, -0.15) is 0 Å². The van der Waals surface area contributed by atoms with Crippen molar-refractivity contribution in [2.75, 3.05) is 33.3 Å². The van der Waals surface area contributed by atoms with Crippen LogP contribution in [0.2, 0.25) is 0 Å². The van der Waals surface area contributed by atoms with Crippen molar-refractivity contribution in [3.63, 3.8) is 0 Å². The Kier molecular flexibility index (Phi) is 6.01. The molecule has 6 rings (SSSR count). The van der Waals surface area contributed by atoms with Crippen molar-refractivity contribution in [1.82, 2.24) is 19.8 Å². The second-order valence-electron chi connectivity index (χ2n) is 10.1. The molecule has 7 nitrogen and oxygen atoms in total. The van der Waals surface area contributed by atoms with E-state index in [1.807, 2.05) is 24.4 Å². The average molecular weight is 485 g/mol. The zero-order valence-electron chi connectivity index (χ0n) is 20.6. The van der Waals surface area contributed by atoms with Crippen molar-refractivity contribution in [3.8, 4) is 5.75 Å². The number of carbonyl (C=O) groups excluding carboxylic acids is 2. The smallest absolute Gasteiger partial charge is 0.237 e. The summed E-state index contributed by atoms with van der Waals surface area (Å²) in [4.78, 5) is 36.6. The van der Waals surface area contributed by atoms with Crippen molar-refractivity contribution >= 4 is 33.6 Å². The van der Waals surface area contributed by atoms with Gasteiger partial charge in [0.2, 0.25) is 11.8 Å². The van der Waals surface area contributed by atoms with Gasteiger partial charge in [-0.05, 0) is 80.2 Å². The lowest BCUT2D eigenvalue weighted by molar-refractivity contribution is -0.138. The predicted molar refractivity (Wildman–Crippen MR) is 140 cm³/mol. The van der Waals surface area contributed by atoms with E-state index in [0.29, 0.717) is 12.5 Å². The SMILES string of the molecule is COc1ccc2[nH]cc(C3CC(=O)N(CCCN4CCC(c5c[nH]c6ccccc56)CC4)C3=O)c2c1. The van der Waals surface area contributed by atoms with Crippen LogP contribution in [-0.4, -0.2) is 64.9 Å². The second kappa shape index (κ2) is 9.47. The Morgan fingerprint density at radius 2 is 1.67 bits per heavy atom. The van der Waals surface area contributed by atoms with Crippen molar-refractivity contribution in [2.45, 2.75) is 37.5 Å². The number of para-hydroxylation sites is 1. The summed E-state index contributed by atoms with van der Waals surface area (Å²) < 4.78 is 5.35. The third-order valence-corrected chi connectivity index (χ3v) is 8.04. The maximum atomic E-state index is 13.2. The quantitative estimate of drug-likeness (QED) is 0.370. The lowest BCUT2D eigenvalue weighted by Crippen LogP contribution is -2.37. The Hall–Kier alpha value is -3.58. The fourth-order valence-corrected chi connectivity index (χ4v) is 6.05. The number of benzene rings is 2. The molecule has 2 aromatic heterocycles. The van der Waals surface area contributed by atoms with E-state index in [2.05, 4.69) is 45.3 Å². The lowest BCUT2D eigenvalue weighted by Gasteiger charge is -2.32. The molecule has 2 aliphatic heterocycles. The molecule has 36 heavy (non-hydrogen) atoms. The number of methoxy groups -OCH3 is 1. The number of amides is 2. The number of hydrogen-bond donors (Lipinski definition) is 2. The predicted octanol–water partition coefficient (Wildman–Crippen LogP) is 4.77. The van der Waals surface area contributed by atoms with Crippen LogP contribution in [0.15, 0.2) is 54.9 Å². The molecule has 2 fully saturated rings. The molecule has 0 aliphatic carbocycles. The van der Waals surface area contributed by atoms with Crippen molar-refractivity contribution in [1.29, 1.82) is 0 Å². The van der Waals surface area contributed by atoms with Crippen LogP contribution in [0, 0.1) is 0 Å². The Labute approximate surface area is 210 Å². The number of rotatable bonds is 7. The third-order valence-electron chi connectivity index (χ3n) is 8.04. The van der Waals surface area contributed by atoms with E-state index in [4.69, 9.17) is 4.74 Å². The van der Waals surface area contributed by atoms with Gasteiger partial charge in [-0.25, -0.2) is 0 Å². The number of aromatic nitrogens is 2. The van der Waals surface area contributed by atoms with Crippen molar-refractivity contribution in [3.05, 3.63) is 66.0 Å². The number of aromatic amines is 2. The van der Waals surface area contributed by atoms with Crippen LogP contribution < -0.4 is 4.74 Å². The van der Waals surface area contributed by atoms with E-state index in [-0.39, 0.29) is 18.2 Å². The molecule has 2 amide bonds. The zero-order valence-corrected chi connectivity index (χ0v) is 20.6. The monoisotopic (exact) mass is 484 g/mol. The highest BCUT2D eigenvalue weighted by Gasteiger charge is 2.40. The maximum Gasteiger partial charge on any atom is 0.237 e. The number of ether oxygens (including phenoxy) is 1. The average Bonchev–Trinajstić information content (AvgIpc) is 3.60. The normalized spacial score (nSPS) is 19.7. The minimum absolute atomic E-state index is 0.0692. The standard InChI is InChI=1S/C29H32N4O3/c1-36-20-7-8-27-22(15-20)25(18-31-27)23-16-28(34)33(29(23)35)12-4-11-32-13-9-19(10-14-32)24-17-30-26-6-3-2-5-21(24)26/h2-3,5-8,15,17-19,23,30-31H,4,9-14,16H2,1H3. The summed E-state index contributed by atoms with van der Waals surface area (Å²) in [5.41, 5.74) is 4.46. The molecule has 0 radical (unpaired) electrons. The first-order valence-corrected chi connectivity index (χ1v) is 12.9. The van der Waals surface area contributed by atoms with Crippen LogP contribution in [0.1, 0.15) is 48.6 Å². The van der Waals surface area contributed by atoms with Crippen LogP contribution in [0.5, 0.6) is 5.75 Å². The zero-order chi connectivity index (χ0) is 24.6. The van der Waals surface area contributed by atoms with Gasteiger partial charge in [-0.1, -0.05) is 18.2 Å². The highest BCUT2D eigenvalue weighted by atomic mass is 16.5. The molecule has 2 aromatic carbocycles. The summed E-state index contributed by atoms with van der Waals surface area (Å²) in [5.74, 6) is 0.743. The number of carbonyl (C=O) groups is 2. The van der Waals surface area contributed by atoms with Gasteiger partial charge in [-0.15, -0.1) is 0 Å². The Balaban J connectivity index is 1.04. The van der Waals surface area contributed by atoms with Crippen LogP contribution in [-0.2, 0) is 9.59 Å². The number of H-pyrrole nitrogens is 2. The van der Waals surface area contributed by atoms with Gasteiger partial charge in [0, 0.05) is 47.2 Å². The fraction of sp³-hybridized carbons (Fsp3) is 0.379. The van der Waals surface area contributed by atoms with Crippen molar-refractivity contribution < 1.29 is 14.3 Å². The molecule has 2 N–H and O–H groups in total. The molecular formula is C29H32N4O3. The van der Waals surface area contributed by atoms with E-state index in [9.17, 15) is 9.59 Å². The molecule has 4 heterocycles. The molecule has 0 saturated carbocycles. The molecule has 4 aromatic rings. The van der Waals surface area contributed by atoms with Crippen LogP contribution >= 0.6 is 0 Å². The van der Waals surface area contributed by atoms with Gasteiger partial charge in [0.25, 0.3) is 0 Å². The van der Waals surface area contributed by atoms with Gasteiger partial charge in [0.05, 0.1) is 13.0 Å². The van der Waals surface area contributed by atoms with Crippen LogP contribution in [0.4, 0.5) is 0 Å². The van der Waals surface area contributed by atoms with Crippen LogP contribution in [0.25, 0.3) is 21.8 Å². The molecule has 2 saturated heterocycles. The van der Waals surface area contributed by atoms with E-state index < -0.39 is 5.92 Å². The van der Waals surface area contributed by atoms with Gasteiger partial charge in [0.1, 0.15) is 5.75 Å². The molecule has 1 unspecified atom stereocenters. The summed E-state index contributed by atoms with van der Waals surface area (Å²) in [6.07, 6.45) is 7.35. The molecule has 2 aliphatic rings. The minimum atomic E-state index is -0.426. The summed E-state index contributed by atoms with van der Waals surface area (Å²) in [7, 11) is 1.63. The van der Waals surface area contributed by atoms with E-state index in [0.717, 1.165) is 61.1 Å². The maximum absolute atomic E-state index is 13.2. The summed E-state index contributed by atoms with van der Waals surface area (Å²) in [6.45, 7) is 3.49. The number of piperidine rings is 1. The van der Waals surface area contributed by atoms with Gasteiger partial charge >= 0.3 is 0 Å². The molecule has 0 spiro atoms. The Morgan fingerprint density at radius 3 is 2.47 bits per heavy atom. The highest BCUT2D eigenvalue weighted by molar-refractivity contribution is 6.08. The lowest BCUT2D eigenvalue weighted by atomic mass is 9.89. The largest absolute Gasteiger partial charge is 0.497 e. The molecule has 186 valence electrons. The molecule has 7 heteroatoms. The highest BCUT2D eigenvalue weighted by Crippen LogP contribution is 2.36. The number of likely N-dealkylation sites (tertiary alicyclic amines) is 2. The summed E-state index contributed by atoms with van der Waals surface area (Å²) in [5, 5.41) is 2.28. The van der Waals surface area contributed by atoms with Crippen LogP contribution in [0.3, 0.4) is 0 Å². The molecular weight excluding hydrogens is 452 g/mol. The summed E-state index contributed by atoms with van der Waals surface area (Å²) >= 11 is 0. The van der Waals surface area contributed by atoms with Gasteiger partial charge < -0.3 is 19.6 Å². The van der Waals surface area contributed by atoms with E-state index >= 15 is 0 Å². The second-order valence-corrected chi connectivity index (χ2v) is 10.1. The minimum Gasteiger partial charge on any atom is -0.497 e. The summed E-state index contributed by atoms with van der Waals surface area (Å²) in [6, 6.07) is 14.3. The number of imide groups is 1. The Bertz CT molecular complexity index is 1410. The topological polar surface area (TPSA) is 81.4 Å². The Morgan fingerprint density at radius 1 is 0.917 bits per heavy atom. The number of fused-ring (bicyclic) bond motifs is 2. The van der Waals surface area contributed by atoms with E-state index in [1.54, 1.807) is 7.11 Å². The number of nitrogens with one attached hydrogen (secondary N) is 2. The first-order chi connectivity index (χ1) is 17.6.